The summed E-state index contributed by atoms with van der Waals surface area (Å²) >= 11 is 0. The first-order valence-electron chi connectivity index (χ1n) is 7.84. The average Bonchev–Trinajstić information content (AvgIpc) is 3.10. The number of sulfone groups is 1. The van der Waals surface area contributed by atoms with Gasteiger partial charge in [0.25, 0.3) is 0 Å². The maximum absolute atomic E-state index is 12.4. The minimum absolute atomic E-state index is 0.108. The molecule has 0 aliphatic carbocycles. The minimum Gasteiger partial charge on any atom is -0.453 e. The van der Waals surface area contributed by atoms with E-state index in [1.54, 1.807) is 18.2 Å². The average molecular weight is 385 g/mol. The van der Waals surface area contributed by atoms with Gasteiger partial charge in [-0.3, -0.25) is 4.79 Å². The van der Waals surface area contributed by atoms with Gasteiger partial charge < -0.3 is 14.9 Å². The summed E-state index contributed by atoms with van der Waals surface area (Å²) in [4.78, 5) is 23.5. The fourth-order valence-electron chi connectivity index (χ4n) is 2.33. The van der Waals surface area contributed by atoms with Crippen molar-refractivity contribution in [3.05, 3.63) is 83.8 Å². The molecule has 0 saturated carbocycles. The molecule has 0 bridgehead atoms. The van der Waals surface area contributed by atoms with Crippen LogP contribution in [0.5, 0.6) is 5.75 Å². The predicted octanol–water partition coefficient (Wildman–Crippen LogP) is 2.57. The molecule has 2 N–H and O–H groups in total. The normalized spacial score (nSPS) is 11.1. The Bertz CT molecular complexity index is 1090. The summed E-state index contributed by atoms with van der Waals surface area (Å²) in [6, 6.07) is 16.5. The van der Waals surface area contributed by atoms with Crippen molar-refractivity contribution in [2.75, 3.05) is 0 Å². The Morgan fingerprint density at radius 3 is 2.41 bits per heavy atom. The second-order valence-corrected chi connectivity index (χ2v) is 7.61. The molecule has 0 atom stereocenters. The van der Waals surface area contributed by atoms with Gasteiger partial charge in [-0.05, 0) is 42.5 Å². The van der Waals surface area contributed by atoms with Crippen molar-refractivity contribution >= 4 is 21.7 Å². The molecule has 2 aromatic carbocycles. The summed E-state index contributed by atoms with van der Waals surface area (Å²) in [7, 11) is -3.60. The third kappa shape index (κ3) is 4.42. The summed E-state index contributed by atoms with van der Waals surface area (Å²) in [6.07, 6.45) is 0. The first kappa shape index (κ1) is 18.4. The number of ether oxygens (including phenoxy) is 1. The van der Waals surface area contributed by atoms with Crippen LogP contribution in [0.1, 0.15) is 26.7 Å². The van der Waals surface area contributed by atoms with Crippen LogP contribution < -0.4 is 10.5 Å². The summed E-state index contributed by atoms with van der Waals surface area (Å²) in [5.74, 6) is -1.79. The zero-order valence-corrected chi connectivity index (χ0v) is 14.8. The van der Waals surface area contributed by atoms with E-state index in [4.69, 9.17) is 14.9 Å². The Morgan fingerprint density at radius 2 is 1.70 bits per heavy atom. The monoisotopic (exact) mass is 385 g/mol. The molecule has 0 fully saturated rings. The molecule has 0 saturated heterocycles. The van der Waals surface area contributed by atoms with E-state index in [9.17, 15) is 18.0 Å². The van der Waals surface area contributed by atoms with Crippen LogP contribution in [0.3, 0.4) is 0 Å². The van der Waals surface area contributed by atoms with Crippen LogP contribution in [0, 0.1) is 0 Å². The van der Waals surface area contributed by atoms with E-state index in [-0.39, 0.29) is 33.5 Å². The van der Waals surface area contributed by atoms with E-state index >= 15 is 0 Å². The Balaban J connectivity index is 1.73. The number of carbonyl (C=O) groups is 2. The van der Waals surface area contributed by atoms with Crippen LogP contribution in [0.25, 0.3) is 0 Å². The zero-order chi connectivity index (χ0) is 19.4. The van der Waals surface area contributed by atoms with Gasteiger partial charge in [0.05, 0.1) is 4.90 Å². The predicted molar refractivity (Wildman–Crippen MR) is 96.0 cm³/mol. The molecule has 3 rings (SSSR count). The molecule has 0 unspecified atom stereocenters. The number of furan rings is 1. The molecular formula is C19H15NO6S. The van der Waals surface area contributed by atoms with Gasteiger partial charge in [-0.25, -0.2) is 13.2 Å². The lowest BCUT2D eigenvalue weighted by Crippen LogP contribution is -2.12. The van der Waals surface area contributed by atoms with Gasteiger partial charge in [0.1, 0.15) is 17.3 Å². The highest BCUT2D eigenvalue weighted by Crippen LogP contribution is 2.20. The standard InChI is InChI=1S/C19H15NO6S/c20-18(21)13-5-4-6-14(11-13)26-19(22)17-10-9-15(25-17)12-27(23,24)16-7-2-1-3-8-16/h1-11H,12H2,(H2,20,21). The van der Waals surface area contributed by atoms with Crippen molar-refractivity contribution in [3.8, 4) is 5.75 Å². The number of esters is 1. The third-order valence-electron chi connectivity index (χ3n) is 3.63. The number of hydrogen-bond donors (Lipinski definition) is 1. The van der Waals surface area contributed by atoms with Crippen molar-refractivity contribution in [2.45, 2.75) is 10.6 Å². The molecule has 1 heterocycles. The van der Waals surface area contributed by atoms with E-state index in [0.29, 0.717) is 0 Å². The molecule has 8 heteroatoms. The van der Waals surface area contributed by atoms with E-state index in [1.165, 1.54) is 48.5 Å². The number of carbonyl (C=O) groups excluding carboxylic acids is 2. The van der Waals surface area contributed by atoms with Crippen LogP contribution in [0.15, 0.2) is 76.0 Å². The fourth-order valence-corrected chi connectivity index (χ4v) is 3.60. The number of primary amides is 1. The van der Waals surface area contributed by atoms with Gasteiger partial charge >= 0.3 is 5.97 Å². The Hall–Kier alpha value is -3.39. The van der Waals surface area contributed by atoms with Crippen LogP contribution in [-0.2, 0) is 15.6 Å². The van der Waals surface area contributed by atoms with Gasteiger partial charge in [-0.15, -0.1) is 0 Å². The number of benzene rings is 2. The third-order valence-corrected chi connectivity index (χ3v) is 5.28. The van der Waals surface area contributed by atoms with Gasteiger partial charge in [0, 0.05) is 5.56 Å². The zero-order valence-electron chi connectivity index (χ0n) is 14.0. The highest BCUT2D eigenvalue weighted by atomic mass is 32.2. The largest absolute Gasteiger partial charge is 0.453 e. The van der Waals surface area contributed by atoms with Crippen LogP contribution >= 0.6 is 0 Å². The van der Waals surface area contributed by atoms with E-state index in [0.717, 1.165) is 0 Å². The molecular weight excluding hydrogens is 370 g/mol. The fraction of sp³-hybridized carbons (Fsp3) is 0.0526. The van der Waals surface area contributed by atoms with Gasteiger partial charge in [-0.1, -0.05) is 24.3 Å². The maximum atomic E-state index is 12.4. The molecule has 7 nitrogen and oxygen atoms in total. The minimum atomic E-state index is -3.60. The Labute approximate surface area is 155 Å². The topological polar surface area (TPSA) is 117 Å². The summed E-state index contributed by atoms with van der Waals surface area (Å²) in [5, 5.41) is 0. The quantitative estimate of drug-likeness (QED) is 0.515. The number of nitrogens with two attached hydrogens (primary N) is 1. The molecule has 0 aliphatic rings. The smallest absolute Gasteiger partial charge is 0.379 e. The van der Waals surface area contributed by atoms with E-state index < -0.39 is 21.7 Å². The van der Waals surface area contributed by atoms with Crippen molar-refractivity contribution < 1.29 is 27.2 Å². The highest BCUT2D eigenvalue weighted by molar-refractivity contribution is 7.90. The summed E-state index contributed by atoms with van der Waals surface area (Å²) in [6.45, 7) is 0. The van der Waals surface area contributed by atoms with Crippen LogP contribution in [0.2, 0.25) is 0 Å². The molecule has 0 spiro atoms. The number of rotatable bonds is 6. The summed E-state index contributed by atoms with van der Waals surface area (Å²) < 4.78 is 35.1. The molecule has 3 aromatic rings. The van der Waals surface area contributed by atoms with Crippen molar-refractivity contribution in [1.82, 2.24) is 0 Å². The first-order valence-corrected chi connectivity index (χ1v) is 9.49. The molecule has 138 valence electrons. The first-order chi connectivity index (χ1) is 12.8. The van der Waals surface area contributed by atoms with Crippen LogP contribution in [-0.4, -0.2) is 20.3 Å². The molecule has 1 amide bonds. The van der Waals surface area contributed by atoms with E-state index in [1.807, 2.05) is 0 Å². The lowest BCUT2D eigenvalue weighted by molar-refractivity contribution is 0.0698. The SMILES string of the molecule is NC(=O)c1cccc(OC(=O)c2ccc(CS(=O)(=O)c3ccccc3)o2)c1. The van der Waals surface area contributed by atoms with Crippen LogP contribution in [0.4, 0.5) is 0 Å². The highest BCUT2D eigenvalue weighted by Gasteiger charge is 2.20. The molecule has 0 radical (unpaired) electrons. The van der Waals surface area contributed by atoms with Gasteiger partial charge in [0.2, 0.25) is 11.7 Å². The Kier molecular flexibility index (Phi) is 5.09. The number of amides is 1. The molecule has 0 aliphatic heterocycles. The van der Waals surface area contributed by atoms with Crippen molar-refractivity contribution in [3.63, 3.8) is 0 Å². The van der Waals surface area contributed by atoms with Gasteiger partial charge in [0.15, 0.2) is 9.84 Å². The number of hydrogen-bond acceptors (Lipinski definition) is 6. The molecule has 1 aromatic heterocycles. The van der Waals surface area contributed by atoms with E-state index in [2.05, 4.69) is 0 Å². The second-order valence-electron chi connectivity index (χ2n) is 5.62. The Morgan fingerprint density at radius 1 is 0.963 bits per heavy atom. The maximum Gasteiger partial charge on any atom is 0.379 e. The van der Waals surface area contributed by atoms with Crippen molar-refractivity contribution in [1.29, 1.82) is 0 Å². The lowest BCUT2D eigenvalue weighted by atomic mass is 10.2. The van der Waals surface area contributed by atoms with Gasteiger partial charge in [-0.2, -0.15) is 0 Å². The lowest BCUT2D eigenvalue weighted by Gasteiger charge is -2.04. The second kappa shape index (κ2) is 7.46. The van der Waals surface area contributed by atoms with Crippen molar-refractivity contribution in [2.24, 2.45) is 5.73 Å². The molecule has 27 heavy (non-hydrogen) atoms. The summed E-state index contributed by atoms with van der Waals surface area (Å²) in [5.41, 5.74) is 5.37.